The second kappa shape index (κ2) is 10.5. The van der Waals surface area contributed by atoms with Crippen LogP contribution in [0.4, 0.5) is 0 Å². The Morgan fingerprint density at radius 3 is 2.54 bits per heavy atom. The Labute approximate surface area is 145 Å². The molecule has 0 aromatic heterocycles. The van der Waals surface area contributed by atoms with E-state index >= 15 is 0 Å². The number of aliphatic hydroxyl groups excluding tert-OH is 1. The third-order valence-corrected chi connectivity index (χ3v) is 8.68. The highest BCUT2D eigenvalue weighted by Gasteiger charge is 2.40. The van der Waals surface area contributed by atoms with Gasteiger partial charge in [-0.25, -0.2) is 4.79 Å². The summed E-state index contributed by atoms with van der Waals surface area (Å²) in [6, 6.07) is 0. The maximum atomic E-state index is 11.2. The number of carbonyl (C=O) groups excluding carboxylic acids is 1. The van der Waals surface area contributed by atoms with Crippen LogP contribution in [-0.4, -0.2) is 44.8 Å². The first kappa shape index (κ1) is 22.7. The van der Waals surface area contributed by atoms with Gasteiger partial charge in [-0.05, 0) is 43.4 Å². The predicted octanol–water partition coefficient (Wildman–Crippen LogP) is 3.95. The number of ether oxygens (including phenoxy) is 1. The van der Waals surface area contributed by atoms with Gasteiger partial charge in [-0.1, -0.05) is 32.0 Å². The molecule has 8 heteroatoms. The van der Waals surface area contributed by atoms with Crippen molar-refractivity contribution in [1.29, 1.82) is 0 Å². The van der Waals surface area contributed by atoms with Crippen LogP contribution in [0.2, 0.25) is 18.1 Å². The highest BCUT2D eigenvalue weighted by atomic mass is 28.4. The highest BCUT2D eigenvalue weighted by molar-refractivity contribution is 6.74. The Morgan fingerprint density at radius 1 is 1.42 bits per heavy atom. The molecule has 0 aromatic carbocycles. The van der Waals surface area contributed by atoms with Crippen molar-refractivity contribution in [2.24, 2.45) is 5.11 Å². The Bertz CT molecular complexity index is 468. The Hall–Kier alpha value is -1.34. The molecule has 0 aliphatic carbocycles. The Balaban J connectivity index is 4.75. The average Bonchev–Trinajstić information content (AvgIpc) is 2.46. The fraction of sp³-hybridized carbons (Fsp3) is 0.812. The number of allylic oxidation sites excluding steroid dienone is 1. The normalized spacial score (nSPS) is 15.0. The molecule has 0 fully saturated rings. The van der Waals surface area contributed by atoms with Gasteiger partial charge >= 0.3 is 5.97 Å². The van der Waals surface area contributed by atoms with Crippen molar-refractivity contribution in [3.63, 3.8) is 0 Å². The molecular weight excluding hydrogens is 326 g/mol. The smallest absolute Gasteiger partial charge is 0.330 e. The number of esters is 1. The van der Waals surface area contributed by atoms with Gasteiger partial charge < -0.3 is 14.3 Å². The van der Waals surface area contributed by atoms with Crippen molar-refractivity contribution >= 4 is 14.3 Å². The van der Waals surface area contributed by atoms with E-state index in [1.807, 2.05) is 0 Å². The fourth-order valence-corrected chi connectivity index (χ4v) is 3.07. The topological polar surface area (TPSA) is 105 Å². The summed E-state index contributed by atoms with van der Waals surface area (Å²) in [5, 5.41) is 14.0. The lowest BCUT2D eigenvalue weighted by Gasteiger charge is -2.40. The van der Waals surface area contributed by atoms with Crippen LogP contribution >= 0.6 is 0 Å². The summed E-state index contributed by atoms with van der Waals surface area (Å²) >= 11 is 0. The van der Waals surface area contributed by atoms with Crippen molar-refractivity contribution in [3.05, 3.63) is 22.6 Å². The van der Waals surface area contributed by atoms with Gasteiger partial charge in [0.1, 0.15) is 0 Å². The summed E-state index contributed by atoms with van der Waals surface area (Å²) in [5.74, 6) is -0.393. The zero-order valence-corrected chi connectivity index (χ0v) is 16.7. The average molecular weight is 358 g/mol. The monoisotopic (exact) mass is 357 g/mol. The molecule has 0 radical (unpaired) electrons. The number of azide groups is 1. The second-order valence-electron chi connectivity index (χ2n) is 7.13. The zero-order chi connectivity index (χ0) is 18.8. The van der Waals surface area contributed by atoms with Gasteiger partial charge in [0.2, 0.25) is 0 Å². The molecule has 0 aliphatic rings. The molecule has 0 aliphatic heterocycles. The number of carbonyl (C=O) groups is 1. The van der Waals surface area contributed by atoms with Crippen LogP contribution in [0.1, 0.15) is 40.5 Å². The van der Waals surface area contributed by atoms with Gasteiger partial charge in [-0.2, -0.15) is 0 Å². The summed E-state index contributed by atoms with van der Waals surface area (Å²) in [6.07, 6.45) is 2.63. The van der Waals surface area contributed by atoms with Gasteiger partial charge in [0.15, 0.2) is 8.32 Å². The van der Waals surface area contributed by atoms with Gasteiger partial charge in [0, 0.05) is 11.0 Å². The molecule has 24 heavy (non-hydrogen) atoms. The summed E-state index contributed by atoms with van der Waals surface area (Å²) in [4.78, 5) is 14.0. The largest absolute Gasteiger partial charge is 0.463 e. The van der Waals surface area contributed by atoms with E-state index in [0.717, 1.165) is 0 Å². The van der Waals surface area contributed by atoms with Gasteiger partial charge in [-0.3, -0.25) is 0 Å². The van der Waals surface area contributed by atoms with Crippen LogP contribution in [0.25, 0.3) is 10.4 Å². The molecule has 0 spiro atoms. The van der Waals surface area contributed by atoms with E-state index in [1.54, 1.807) is 13.0 Å². The lowest BCUT2D eigenvalue weighted by atomic mass is 10.1. The van der Waals surface area contributed by atoms with Crippen LogP contribution in [0, 0.1) is 0 Å². The minimum Gasteiger partial charge on any atom is -0.463 e. The SMILES string of the molecule is CCOC(=O)/C=C/CCC(O)C(CN=[N+]=[N-])O[Si](C)(C)C(C)(C)C. The molecule has 0 amide bonds. The highest BCUT2D eigenvalue weighted by Crippen LogP contribution is 2.37. The molecular formula is C16H31N3O4Si. The lowest BCUT2D eigenvalue weighted by Crippen LogP contribution is -2.48. The van der Waals surface area contributed by atoms with E-state index in [0.29, 0.717) is 19.4 Å². The molecule has 0 heterocycles. The number of hydrogen-bond acceptors (Lipinski definition) is 5. The Kier molecular flexibility index (Phi) is 9.92. The molecule has 0 saturated heterocycles. The molecule has 2 atom stereocenters. The van der Waals surface area contributed by atoms with Crippen molar-refractivity contribution in [2.75, 3.05) is 13.2 Å². The van der Waals surface area contributed by atoms with E-state index in [4.69, 9.17) is 14.7 Å². The lowest BCUT2D eigenvalue weighted by molar-refractivity contribution is -0.137. The van der Waals surface area contributed by atoms with Crippen LogP contribution in [0.3, 0.4) is 0 Å². The first-order valence-electron chi connectivity index (χ1n) is 8.25. The van der Waals surface area contributed by atoms with E-state index in [2.05, 4.69) is 43.9 Å². The van der Waals surface area contributed by atoms with Gasteiger partial charge in [-0.15, -0.1) is 0 Å². The van der Waals surface area contributed by atoms with Crippen LogP contribution in [-0.2, 0) is 14.0 Å². The molecule has 0 bridgehead atoms. The third kappa shape index (κ3) is 8.49. The molecule has 2 unspecified atom stereocenters. The molecule has 7 nitrogen and oxygen atoms in total. The molecule has 0 saturated carbocycles. The van der Waals surface area contributed by atoms with Crippen molar-refractivity contribution in [2.45, 2.75) is 70.9 Å². The fourth-order valence-electron chi connectivity index (χ4n) is 1.73. The summed E-state index contributed by atoms with van der Waals surface area (Å²) in [6.45, 7) is 12.7. The third-order valence-electron chi connectivity index (χ3n) is 4.18. The van der Waals surface area contributed by atoms with E-state index in [-0.39, 0.29) is 11.6 Å². The maximum absolute atomic E-state index is 11.2. The maximum Gasteiger partial charge on any atom is 0.330 e. The van der Waals surface area contributed by atoms with Crippen molar-refractivity contribution in [3.8, 4) is 0 Å². The summed E-state index contributed by atoms with van der Waals surface area (Å²) < 4.78 is 11.0. The predicted molar refractivity (Wildman–Crippen MR) is 97.1 cm³/mol. The first-order chi connectivity index (χ1) is 11.0. The van der Waals surface area contributed by atoms with Crippen LogP contribution in [0.15, 0.2) is 17.3 Å². The van der Waals surface area contributed by atoms with Gasteiger partial charge in [0.25, 0.3) is 0 Å². The molecule has 138 valence electrons. The van der Waals surface area contributed by atoms with Crippen LogP contribution in [0.5, 0.6) is 0 Å². The first-order valence-corrected chi connectivity index (χ1v) is 11.2. The number of hydrogen-bond donors (Lipinski definition) is 1. The second-order valence-corrected chi connectivity index (χ2v) is 11.9. The number of nitrogens with zero attached hydrogens (tertiary/aromatic N) is 3. The van der Waals surface area contributed by atoms with Crippen molar-refractivity contribution in [1.82, 2.24) is 0 Å². The standard InChI is InChI=1S/C16H31N3O4Si/c1-7-22-15(21)11-9-8-10-13(20)14(12-18-19-17)23-24(5,6)16(2,3)4/h9,11,13-14,20H,7-8,10,12H2,1-6H3/b11-9+. The van der Waals surface area contributed by atoms with E-state index in [9.17, 15) is 9.90 Å². The van der Waals surface area contributed by atoms with E-state index in [1.165, 1.54) is 6.08 Å². The zero-order valence-electron chi connectivity index (χ0n) is 15.7. The minimum absolute atomic E-state index is 0.00879. The molecule has 0 aromatic rings. The van der Waals surface area contributed by atoms with E-state index < -0.39 is 26.5 Å². The number of rotatable bonds is 10. The number of aliphatic hydroxyl groups is 1. The minimum atomic E-state index is -2.09. The van der Waals surface area contributed by atoms with Crippen LogP contribution < -0.4 is 0 Å². The quantitative estimate of drug-likeness (QED) is 0.160. The van der Waals surface area contributed by atoms with Gasteiger partial charge in [0.05, 0.1) is 25.4 Å². The summed E-state index contributed by atoms with van der Waals surface area (Å²) in [7, 11) is -2.09. The molecule has 1 N–H and O–H groups in total. The van der Waals surface area contributed by atoms with Crippen molar-refractivity contribution < 1.29 is 19.1 Å². The Morgan fingerprint density at radius 2 is 2.04 bits per heavy atom. The summed E-state index contributed by atoms with van der Waals surface area (Å²) in [5.41, 5.74) is 8.55. The molecule has 0 rings (SSSR count).